The predicted octanol–water partition coefficient (Wildman–Crippen LogP) is 0.383. The molecule has 12 heavy (non-hydrogen) atoms. The topological polar surface area (TPSA) is 37.4 Å². The second kappa shape index (κ2) is 2.98. The lowest BCUT2D eigenvalue weighted by Crippen LogP contribution is -2.47. The highest BCUT2D eigenvalue weighted by molar-refractivity contribution is 5.84. The lowest BCUT2D eigenvalue weighted by Gasteiger charge is -2.37. The van der Waals surface area contributed by atoms with Crippen molar-refractivity contribution in [3.63, 3.8) is 0 Å². The number of hydrogen-bond acceptors (Lipinski definition) is 3. The van der Waals surface area contributed by atoms with Crippen molar-refractivity contribution < 1.29 is 9.59 Å². The molecule has 0 aromatic heterocycles. The average molecular weight is 167 g/mol. The van der Waals surface area contributed by atoms with Gasteiger partial charge in [-0.2, -0.15) is 0 Å². The summed E-state index contributed by atoms with van der Waals surface area (Å²) in [5.74, 6) is 0.650. The first-order valence-electron chi connectivity index (χ1n) is 4.53. The number of piperidine rings is 2. The summed E-state index contributed by atoms with van der Waals surface area (Å²) in [6, 6.07) is 0.243. The van der Waals surface area contributed by atoms with Gasteiger partial charge in [0.25, 0.3) is 0 Å². The maximum atomic E-state index is 11.1. The summed E-state index contributed by atoms with van der Waals surface area (Å²) >= 11 is 0. The quantitative estimate of drug-likeness (QED) is 0.523. The van der Waals surface area contributed by atoms with E-state index in [1.54, 1.807) is 0 Å². The van der Waals surface area contributed by atoms with Crippen molar-refractivity contribution in [3.8, 4) is 0 Å². The summed E-state index contributed by atoms with van der Waals surface area (Å²) in [6.45, 7) is 1.74. The van der Waals surface area contributed by atoms with Crippen molar-refractivity contribution in [3.05, 3.63) is 0 Å². The largest absolute Gasteiger partial charge is 0.300 e. The van der Waals surface area contributed by atoms with E-state index in [1.165, 1.54) is 0 Å². The molecule has 2 aliphatic rings. The van der Waals surface area contributed by atoms with E-state index < -0.39 is 0 Å². The maximum Gasteiger partial charge on any atom is 0.135 e. The van der Waals surface area contributed by atoms with Crippen LogP contribution in [-0.4, -0.2) is 35.6 Å². The van der Waals surface area contributed by atoms with Crippen molar-refractivity contribution in [2.45, 2.75) is 31.7 Å². The molecule has 0 amide bonds. The normalized spacial score (nSPS) is 27.3. The van der Waals surface area contributed by atoms with Gasteiger partial charge in [-0.05, 0) is 0 Å². The molecular weight excluding hydrogens is 154 g/mol. The summed E-state index contributed by atoms with van der Waals surface area (Å²) in [4.78, 5) is 24.5. The van der Waals surface area contributed by atoms with Gasteiger partial charge in [-0.1, -0.05) is 0 Å². The van der Waals surface area contributed by atoms with Crippen LogP contribution < -0.4 is 0 Å². The van der Waals surface area contributed by atoms with Gasteiger partial charge in [-0.3, -0.25) is 14.5 Å². The molecule has 3 heteroatoms. The Kier molecular flexibility index (Phi) is 1.97. The number of nitrogens with zero attached hydrogens (tertiary/aromatic N) is 1. The fourth-order valence-corrected chi connectivity index (χ4v) is 2.07. The van der Waals surface area contributed by atoms with Gasteiger partial charge >= 0.3 is 0 Å². The monoisotopic (exact) mass is 167 g/mol. The number of carbonyl (C=O) groups excluding carboxylic acids is 2. The zero-order valence-electron chi connectivity index (χ0n) is 7.08. The first-order chi connectivity index (χ1) is 5.75. The molecule has 0 bridgehead atoms. The first kappa shape index (κ1) is 7.92. The van der Waals surface area contributed by atoms with E-state index >= 15 is 0 Å². The molecule has 3 nitrogen and oxygen atoms in total. The zero-order chi connectivity index (χ0) is 8.55. The molecule has 66 valence electrons. The lowest BCUT2D eigenvalue weighted by atomic mass is 9.92. The van der Waals surface area contributed by atoms with E-state index in [0.717, 1.165) is 13.1 Å². The van der Waals surface area contributed by atoms with Crippen molar-refractivity contribution in [2.75, 3.05) is 13.1 Å². The number of ketones is 2. The van der Waals surface area contributed by atoms with Crippen LogP contribution in [0.15, 0.2) is 0 Å². The molecule has 0 N–H and O–H groups in total. The molecule has 2 rings (SSSR count). The highest BCUT2D eigenvalue weighted by Crippen LogP contribution is 2.22. The second-order valence-electron chi connectivity index (χ2n) is 3.68. The fourth-order valence-electron chi connectivity index (χ4n) is 2.07. The molecule has 2 fully saturated rings. The summed E-state index contributed by atoms with van der Waals surface area (Å²) in [6.07, 6.45) is 2.58. The summed E-state index contributed by atoms with van der Waals surface area (Å²) in [7, 11) is 0. The SMILES string of the molecule is O=C1CCN2CCC(=O)CC2C1. The summed E-state index contributed by atoms with van der Waals surface area (Å²) in [5.41, 5.74) is 0. The minimum Gasteiger partial charge on any atom is -0.300 e. The average Bonchev–Trinajstić information content (AvgIpc) is 2.03. The highest BCUT2D eigenvalue weighted by atomic mass is 16.1. The van der Waals surface area contributed by atoms with Crippen molar-refractivity contribution in [1.29, 1.82) is 0 Å². The maximum absolute atomic E-state index is 11.1. The second-order valence-corrected chi connectivity index (χ2v) is 3.68. The van der Waals surface area contributed by atoms with E-state index in [0.29, 0.717) is 37.2 Å². The number of rotatable bonds is 0. The molecule has 0 aromatic rings. The smallest absolute Gasteiger partial charge is 0.135 e. The zero-order valence-corrected chi connectivity index (χ0v) is 7.08. The standard InChI is InChI=1S/C9H13NO2/c11-8-1-3-10-4-2-9(12)6-7(10)5-8/h7H,1-6H2. The summed E-state index contributed by atoms with van der Waals surface area (Å²) < 4.78 is 0. The fraction of sp³-hybridized carbons (Fsp3) is 0.778. The van der Waals surface area contributed by atoms with Crippen LogP contribution in [-0.2, 0) is 9.59 Å². The van der Waals surface area contributed by atoms with Crippen LogP contribution in [0.3, 0.4) is 0 Å². The van der Waals surface area contributed by atoms with E-state index in [4.69, 9.17) is 0 Å². The third-order valence-electron chi connectivity index (χ3n) is 2.80. The molecule has 0 unspecified atom stereocenters. The Balaban J connectivity index is 2.03. The molecule has 0 radical (unpaired) electrons. The minimum atomic E-state index is 0.243. The predicted molar refractivity (Wildman–Crippen MR) is 43.8 cm³/mol. The first-order valence-corrected chi connectivity index (χ1v) is 4.53. The lowest BCUT2D eigenvalue weighted by molar-refractivity contribution is -0.128. The molecule has 2 saturated heterocycles. The van der Waals surface area contributed by atoms with Gasteiger partial charge < -0.3 is 0 Å². The Morgan fingerprint density at radius 2 is 1.50 bits per heavy atom. The Morgan fingerprint density at radius 3 is 2.00 bits per heavy atom. The molecule has 2 heterocycles. The van der Waals surface area contributed by atoms with E-state index in [9.17, 15) is 9.59 Å². The van der Waals surface area contributed by atoms with Gasteiger partial charge in [0.1, 0.15) is 11.6 Å². The number of hydrogen-bond donors (Lipinski definition) is 0. The van der Waals surface area contributed by atoms with Crippen LogP contribution in [0.2, 0.25) is 0 Å². The Morgan fingerprint density at radius 1 is 1.00 bits per heavy atom. The van der Waals surface area contributed by atoms with Crippen LogP contribution in [0.4, 0.5) is 0 Å². The van der Waals surface area contributed by atoms with Crippen LogP contribution in [0.5, 0.6) is 0 Å². The van der Waals surface area contributed by atoms with Gasteiger partial charge in [0.2, 0.25) is 0 Å². The van der Waals surface area contributed by atoms with Gasteiger partial charge in [0.05, 0.1) is 0 Å². The van der Waals surface area contributed by atoms with Crippen molar-refractivity contribution in [1.82, 2.24) is 4.90 Å². The van der Waals surface area contributed by atoms with E-state index in [1.807, 2.05) is 0 Å². The van der Waals surface area contributed by atoms with Crippen LogP contribution in [0.1, 0.15) is 25.7 Å². The van der Waals surface area contributed by atoms with Gasteiger partial charge in [0.15, 0.2) is 0 Å². The Hall–Kier alpha value is -0.700. The molecule has 2 aliphatic heterocycles. The Bertz CT molecular complexity index is 203. The van der Waals surface area contributed by atoms with E-state index in [2.05, 4.69) is 4.90 Å². The van der Waals surface area contributed by atoms with Gasteiger partial charge in [0, 0.05) is 44.8 Å². The third-order valence-corrected chi connectivity index (χ3v) is 2.80. The third kappa shape index (κ3) is 1.41. The summed E-state index contributed by atoms with van der Waals surface area (Å²) in [5, 5.41) is 0. The highest BCUT2D eigenvalue weighted by Gasteiger charge is 2.31. The van der Waals surface area contributed by atoms with Gasteiger partial charge in [-0.25, -0.2) is 0 Å². The molecule has 0 atom stereocenters. The van der Waals surface area contributed by atoms with Crippen LogP contribution in [0.25, 0.3) is 0 Å². The number of fused-ring (bicyclic) bond motifs is 1. The van der Waals surface area contributed by atoms with Crippen LogP contribution in [0, 0.1) is 0 Å². The van der Waals surface area contributed by atoms with E-state index in [-0.39, 0.29) is 6.04 Å². The van der Waals surface area contributed by atoms with Crippen molar-refractivity contribution in [2.24, 2.45) is 0 Å². The molecular formula is C9H13NO2. The molecule has 0 saturated carbocycles. The van der Waals surface area contributed by atoms with Gasteiger partial charge in [-0.15, -0.1) is 0 Å². The number of carbonyl (C=O) groups is 2. The van der Waals surface area contributed by atoms with Crippen molar-refractivity contribution >= 4 is 11.6 Å². The number of Topliss-reactive ketones (excluding diaryl/α,β-unsaturated/α-hetero) is 2. The Labute approximate surface area is 71.7 Å². The minimum absolute atomic E-state index is 0.243. The molecule has 0 aromatic carbocycles. The van der Waals surface area contributed by atoms with Crippen LogP contribution >= 0.6 is 0 Å². The molecule has 0 spiro atoms. The molecule has 0 aliphatic carbocycles.